The van der Waals surface area contributed by atoms with Crippen molar-refractivity contribution < 1.29 is 24.5 Å². The summed E-state index contributed by atoms with van der Waals surface area (Å²) in [4.78, 5) is 21.9. The Labute approximate surface area is 80.0 Å². The van der Waals surface area contributed by atoms with Crippen LogP contribution in [-0.4, -0.2) is 33.9 Å². The predicted molar refractivity (Wildman–Crippen MR) is 44.7 cm³/mol. The minimum atomic E-state index is -2.06. The third-order valence-corrected chi connectivity index (χ3v) is 2.82. The molecule has 2 unspecified atom stereocenters. The lowest BCUT2D eigenvalue weighted by molar-refractivity contribution is -0.205. The molecule has 14 heavy (non-hydrogen) atoms. The van der Waals surface area contributed by atoms with Crippen molar-refractivity contribution in [2.75, 3.05) is 0 Å². The minimum absolute atomic E-state index is 0.368. The molecular formula is C9H10O5. The van der Waals surface area contributed by atoms with Crippen molar-refractivity contribution >= 4 is 11.9 Å². The van der Waals surface area contributed by atoms with Crippen LogP contribution in [0.4, 0.5) is 0 Å². The van der Waals surface area contributed by atoms with Crippen LogP contribution >= 0.6 is 0 Å². The molecule has 0 radical (unpaired) electrons. The maximum atomic E-state index is 11.0. The van der Waals surface area contributed by atoms with Crippen LogP contribution < -0.4 is 0 Å². The highest BCUT2D eigenvalue weighted by atomic mass is 16.6. The molecule has 0 aromatic carbocycles. The summed E-state index contributed by atoms with van der Waals surface area (Å²) >= 11 is 0. The molecule has 1 aliphatic carbocycles. The molecule has 3 aliphatic rings. The molecule has 0 saturated carbocycles. The van der Waals surface area contributed by atoms with Gasteiger partial charge >= 0.3 is 11.9 Å². The van der Waals surface area contributed by atoms with Crippen LogP contribution in [0, 0.1) is 5.92 Å². The lowest BCUT2D eigenvalue weighted by atomic mass is 9.76. The van der Waals surface area contributed by atoms with Gasteiger partial charge in [-0.05, 0) is 12.8 Å². The number of hydrogen-bond donors (Lipinski definition) is 2. The highest BCUT2D eigenvalue weighted by Gasteiger charge is 2.58. The third-order valence-electron chi connectivity index (χ3n) is 2.82. The Morgan fingerprint density at radius 1 is 1.21 bits per heavy atom. The lowest BCUT2D eigenvalue weighted by Crippen LogP contribution is -2.60. The number of fused-ring (bicyclic) bond motifs is 2. The number of rotatable bonds is 2. The Hall–Kier alpha value is -1.36. The number of ether oxygens (including phenoxy) is 1. The molecule has 5 heteroatoms. The van der Waals surface area contributed by atoms with Gasteiger partial charge in [-0.25, -0.2) is 9.59 Å². The SMILES string of the molecule is O=C(O)C1(C(=O)O)OC2C=CC1CC2. The van der Waals surface area contributed by atoms with E-state index in [1.54, 1.807) is 12.2 Å². The van der Waals surface area contributed by atoms with Crippen molar-refractivity contribution in [1.29, 1.82) is 0 Å². The van der Waals surface area contributed by atoms with E-state index in [4.69, 9.17) is 14.9 Å². The molecule has 2 heterocycles. The molecule has 1 fully saturated rings. The van der Waals surface area contributed by atoms with Crippen molar-refractivity contribution in [3.05, 3.63) is 12.2 Å². The van der Waals surface area contributed by atoms with Gasteiger partial charge in [-0.15, -0.1) is 0 Å². The third kappa shape index (κ3) is 0.988. The van der Waals surface area contributed by atoms with Crippen LogP contribution in [0.1, 0.15) is 12.8 Å². The Balaban J connectivity index is 2.43. The molecule has 2 bridgehead atoms. The number of carbonyl (C=O) groups is 2. The Morgan fingerprint density at radius 3 is 2.07 bits per heavy atom. The Kier molecular flexibility index (Phi) is 1.85. The number of carboxylic acids is 2. The molecule has 0 spiro atoms. The number of aliphatic carboxylic acids is 2. The number of carboxylic acid groups (broad SMARTS) is 2. The Bertz CT molecular complexity index is 305. The van der Waals surface area contributed by atoms with Crippen LogP contribution in [0.2, 0.25) is 0 Å². The zero-order valence-electron chi connectivity index (χ0n) is 7.34. The maximum Gasteiger partial charge on any atom is 0.348 e. The second kappa shape index (κ2) is 2.81. The lowest BCUT2D eigenvalue weighted by Gasteiger charge is -2.42. The van der Waals surface area contributed by atoms with Gasteiger partial charge in [0.25, 0.3) is 5.60 Å². The average molecular weight is 198 g/mol. The van der Waals surface area contributed by atoms with Gasteiger partial charge in [-0.1, -0.05) is 12.2 Å². The summed E-state index contributed by atoms with van der Waals surface area (Å²) < 4.78 is 5.11. The first-order valence-corrected chi connectivity index (χ1v) is 4.40. The molecule has 1 saturated heterocycles. The van der Waals surface area contributed by atoms with Gasteiger partial charge in [-0.3, -0.25) is 0 Å². The van der Waals surface area contributed by atoms with Gasteiger partial charge in [0.1, 0.15) is 0 Å². The molecule has 0 amide bonds. The highest BCUT2D eigenvalue weighted by molar-refractivity contribution is 6.03. The van der Waals surface area contributed by atoms with Crippen LogP contribution in [0.5, 0.6) is 0 Å². The van der Waals surface area contributed by atoms with E-state index in [-0.39, 0.29) is 6.10 Å². The first-order chi connectivity index (χ1) is 6.57. The van der Waals surface area contributed by atoms with Gasteiger partial charge in [0.2, 0.25) is 0 Å². The zero-order chi connectivity index (χ0) is 10.3. The second-order valence-electron chi connectivity index (χ2n) is 3.57. The molecule has 0 aromatic rings. The molecule has 2 aliphatic heterocycles. The predicted octanol–water partition coefficient (Wildman–Crippen LogP) is 0.259. The average Bonchev–Trinajstić information content (AvgIpc) is 2.18. The van der Waals surface area contributed by atoms with E-state index in [0.29, 0.717) is 12.8 Å². The molecule has 2 atom stereocenters. The van der Waals surface area contributed by atoms with Gasteiger partial charge in [-0.2, -0.15) is 0 Å². The number of hydrogen-bond acceptors (Lipinski definition) is 3. The molecule has 2 N–H and O–H groups in total. The smallest absolute Gasteiger partial charge is 0.348 e. The normalized spacial score (nSPS) is 32.9. The van der Waals surface area contributed by atoms with Crippen LogP contribution in [0.3, 0.4) is 0 Å². The van der Waals surface area contributed by atoms with E-state index >= 15 is 0 Å². The summed E-state index contributed by atoms with van der Waals surface area (Å²) in [6.45, 7) is 0. The van der Waals surface area contributed by atoms with Gasteiger partial charge in [0, 0.05) is 5.92 Å². The summed E-state index contributed by atoms with van der Waals surface area (Å²) in [5.74, 6) is -3.38. The molecule has 0 aromatic heterocycles. The minimum Gasteiger partial charge on any atom is -0.479 e. The van der Waals surface area contributed by atoms with E-state index in [9.17, 15) is 9.59 Å². The van der Waals surface area contributed by atoms with E-state index in [1.165, 1.54) is 0 Å². The first-order valence-electron chi connectivity index (χ1n) is 4.40. The molecular weight excluding hydrogens is 188 g/mol. The summed E-state index contributed by atoms with van der Waals surface area (Å²) in [7, 11) is 0. The quantitative estimate of drug-likeness (QED) is 0.491. The topological polar surface area (TPSA) is 83.8 Å². The fraction of sp³-hybridized carbons (Fsp3) is 0.556. The zero-order valence-corrected chi connectivity index (χ0v) is 7.34. The fourth-order valence-corrected chi connectivity index (χ4v) is 2.07. The standard InChI is InChI=1S/C9H10O5/c10-7(11)9(8(12)13)5-1-3-6(14-9)4-2-5/h1,3,5-6H,2,4H2,(H,10,11)(H,12,13). The monoisotopic (exact) mass is 198 g/mol. The molecule has 3 rings (SSSR count). The highest BCUT2D eigenvalue weighted by Crippen LogP contribution is 2.40. The Morgan fingerprint density at radius 2 is 1.86 bits per heavy atom. The van der Waals surface area contributed by atoms with Gasteiger partial charge < -0.3 is 14.9 Å². The molecule has 5 nitrogen and oxygen atoms in total. The summed E-state index contributed by atoms with van der Waals surface area (Å²) in [6.07, 6.45) is 4.26. The van der Waals surface area contributed by atoms with Crippen molar-refractivity contribution in [3.63, 3.8) is 0 Å². The van der Waals surface area contributed by atoms with E-state index in [0.717, 1.165) is 0 Å². The fourth-order valence-electron chi connectivity index (χ4n) is 2.07. The maximum absolute atomic E-state index is 11.0. The summed E-state index contributed by atoms with van der Waals surface area (Å²) in [5.41, 5.74) is -2.06. The van der Waals surface area contributed by atoms with Crippen molar-refractivity contribution in [2.24, 2.45) is 5.92 Å². The van der Waals surface area contributed by atoms with E-state index in [1.807, 2.05) is 0 Å². The summed E-state index contributed by atoms with van der Waals surface area (Å²) in [5, 5.41) is 17.9. The van der Waals surface area contributed by atoms with E-state index in [2.05, 4.69) is 0 Å². The van der Waals surface area contributed by atoms with Crippen LogP contribution in [0.25, 0.3) is 0 Å². The van der Waals surface area contributed by atoms with Crippen LogP contribution in [0.15, 0.2) is 12.2 Å². The van der Waals surface area contributed by atoms with E-state index < -0.39 is 23.5 Å². The van der Waals surface area contributed by atoms with Crippen molar-refractivity contribution in [1.82, 2.24) is 0 Å². The second-order valence-corrected chi connectivity index (χ2v) is 3.57. The van der Waals surface area contributed by atoms with Crippen LogP contribution in [-0.2, 0) is 14.3 Å². The molecule has 76 valence electrons. The van der Waals surface area contributed by atoms with Crippen molar-refractivity contribution in [3.8, 4) is 0 Å². The largest absolute Gasteiger partial charge is 0.479 e. The first kappa shape index (κ1) is 9.21. The van der Waals surface area contributed by atoms with Gasteiger partial charge in [0.15, 0.2) is 0 Å². The summed E-state index contributed by atoms with van der Waals surface area (Å²) in [6, 6.07) is 0. The van der Waals surface area contributed by atoms with Gasteiger partial charge in [0.05, 0.1) is 6.10 Å². The van der Waals surface area contributed by atoms with Crippen molar-refractivity contribution in [2.45, 2.75) is 24.5 Å².